The van der Waals surface area contributed by atoms with Crippen molar-refractivity contribution in [2.45, 2.75) is 39.2 Å². The molecule has 8 nitrogen and oxygen atoms in total. The van der Waals surface area contributed by atoms with Crippen molar-refractivity contribution in [2.24, 2.45) is 0 Å². The monoisotopic (exact) mass is 484 g/mol. The zero-order valence-corrected chi connectivity index (χ0v) is 21.1. The maximum Gasteiger partial charge on any atom is 0.256 e. The van der Waals surface area contributed by atoms with Crippen LogP contribution in [0.25, 0.3) is 22.0 Å². The number of H-pyrrole nitrogens is 1. The van der Waals surface area contributed by atoms with Gasteiger partial charge in [0.05, 0.1) is 36.4 Å². The van der Waals surface area contributed by atoms with Crippen LogP contribution in [0.5, 0.6) is 0 Å². The first kappa shape index (κ1) is 24.4. The normalized spacial score (nSPS) is 17.3. The molecule has 1 atom stereocenters. The second kappa shape index (κ2) is 9.13. The largest absolute Gasteiger partial charge is 0.373 e. The summed E-state index contributed by atoms with van der Waals surface area (Å²) in [6.45, 7) is 10.3. The molecule has 4 rings (SSSR count). The Hall–Kier alpha value is -2.75. The van der Waals surface area contributed by atoms with E-state index in [0.29, 0.717) is 25.3 Å². The highest BCUT2D eigenvalue weighted by Crippen LogP contribution is 2.34. The molecule has 1 aromatic carbocycles. The molecule has 1 saturated heterocycles. The highest BCUT2D eigenvalue weighted by Gasteiger charge is 2.23. The number of anilines is 1. The quantitative estimate of drug-likeness (QED) is 0.577. The second-order valence-electron chi connectivity index (χ2n) is 9.98. The molecule has 3 heterocycles. The molecule has 0 bridgehead atoms. The lowest BCUT2D eigenvalue weighted by molar-refractivity contribution is 0.0442. The van der Waals surface area contributed by atoms with Gasteiger partial charge in [0, 0.05) is 41.8 Å². The fourth-order valence-corrected chi connectivity index (χ4v) is 4.64. The van der Waals surface area contributed by atoms with E-state index in [4.69, 9.17) is 9.72 Å². The average Bonchev–Trinajstić information content (AvgIpc) is 2.76. The summed E-state index contributed by atoms with van der Waals surface area (Å²) < 4.78 is 31.2. The van der Waals surface area contributed by atoms with E-state index in [1.165, 1.54) is 0 Å². The molecule has 0 spiro atoms. The van der Waals surface area contributed by atoms with Gasteiger partial charge < -0.3 is 14.6 Å². The number of nitrogens with one attached hydrogen (secondary N) is 2. The number of fused-ring (bicyclic) bond motifs is 1. The first-order valence-corrected chi connectivity index (χ1v) is 13.3. The van der Waals surface area contributed by atoms with Crippen LogP contribution in [0.2, 0.25) is 0 Å². The Balaban J connectivity index is 1.75. The molecule has 0 saturated carbocycles. The molecule has 9 heteroatoms. The van der Waals surface area contributed by atoms with Gasteiger partial charge in [-0.3, -0.25) is 9.78 Å². The van der Waals surface area contributed by atoms with Crippen LogP contribution in [0.15, 0.2) is 41.3 Å². The topological polar surface area (TPSA) is 104 Å². The fourth-order valence-electron chi connectivity index (χ4n) is 4.16. The molecular formula is C25H32N4O4S. The molecule has 1 aliphatic rings. The summed E-state index contributed by atoms with van der Waals surface area (Å²) in [4.78, 5) is 22.6. The molecule has 2 aromatic heterocycles. The van der Waals surface area contributed by atoms with Gasteiger partial charge in [0.25, 0.3) is 5.56 Å². The lowest BCUT2D eigenvalue weighted by Crippen LogP contribution is -2.47. The predicted molar refractivity (Wildman–Crippen MR) is 136 cm³/mol. The lowest BCUT2D eigenvalue weighted by Gasteiger charge is -2.34. The Morgan fingerprint density at radius 3 is 2.65 bits per heavy atom. The first-order valence-electron chi connectivity index (χ1n) is 11.4. The number of benzene rings is 1. The minimum absolute atomic E-state index is 0.113. The van der Waals surface area contributed by atoms with Gasteiger partial charge in [-0.2, -0.15) is 0 Å². The molecular weight excluding hydrogens is 452 g/mol. The van der Waals surface area contributed by atoms with Crippen molar-refractivity contribution < 1.29 is 13.2 Å². The van der Waals surface area contributed by atoms with Crippen LogP contribution in [-0.2, 0) is 20.2 Å². The van der Waals surface area contributed by atoms with Crippen molar-refractivity contribution in [2.75, 3.05) is 37.4 Å². The SMILES string of the molecule is Cc1ccc(-c2cc(C(C)(C)C)cc3cc(N4CCOC(CNS(C)(=O)=O)C4)cnc23)c(=O)[nH]1. The zero-order valence-electron chi connectivity index (χ0n) is 20.3. The molecule has 1 aliphatic heterocycles. The number of hydrogen-bond acceptors (Lipinski definition) is 6. The lowest BCUT2D eigenvalue weighted by atomic mass is 9.84. The summed E-state index contributed by atoms with van der Waals surface area (Å²) in [5.41, 5.74) is 4.81. The number of hydrogen-bond donors (Lipinski definition) is 2. The smallest absolute Gasteiger partial charge is 0.256 e. The number of aryl methyl sites for hydroxylation is 1. The number of rotatable bonds is 5. The van der Waals surface area contributed by atoms with Crippen LogP contribution in [0, 0.1) is 6.92 Å². The molecule has 2 N–H and O–H groups in total. The van der Waals surface area contributed by atoms with Crippen LogP contribution in [0.1, 0.15) is 32.0 Å². The van der Waals surface area contributed by atoms with Gasteiger partial charge >= 0.3 is 0 Å². The van der Waals surface area contributed by atoms with Gasteiger partial charge in [0.2, 0.25) is 10.0 Å². The number of ether oxygens (including phenoxy) is 1. The zero-order chi connectivity index (χ0) is 24.7. The highest BCUT2D eigenvalue weighted by atomic mass is 32.2. The molecule has 0 aliphatic carbocycles. The number of pyridine rings is 2. The Morgan fingerprint density at radius 2 is 1.97 bits per heavy atom. The molecule has 182 valence electrons. The summed E-state index contributed by atoms with van der Waals surface area (Å²) in [5.74, 6) is 0. The van der Waals surface area contributed by atoms with E-state index in [1.54, 1.807) is 0 Å². The van der Waals surface area contributed by atoms with E-state index in [0.717, 1.165) is 39.7 Å². The van der Waals surface area contributed by atoms with Gasteiger partial charge in [-0.15, -0.1) is 0 Å². The van der Waals surface area contributed by atoms with Crippen LogP contribution in [0.3, 0.4) is 0 Å². The van der Waals surface area contributed by atoms with E-state index < -0.39 is 10.0 Å². The maximum absolute atomic E-state index is 12.8. The van der Waals surface area contributed by atoms with E-state index in [2.05, 4.69) is 53.6 Å². The van der Waals surface area contributed by atoms with Gasteiger partial charge in [-0.1, -0.05) is 20.8 Å². The molecule has 0 radical (unpaired) electrons. The predicted octanol–water partition coefficient (Wildman–Crippen LogP) is 2.95. The standard InChI is InChI=1S/C25H32N4O4S/c1-16-6-7-21(24(30)28-16)22-12-18(25(2,3)4)10-17-11-19(13-26-23(17)22)29-8-9-33-20(15-29)14-27-34(5,31)32/h6-7,10-13,20,27H,8-9,14-15H2,1-5H3,(H,28,30). The third-order valence-electron chi connectivity index (χ3n) is 6.06. The average molecular weight is 485 g/mol. The van der Waals surface area contributed by atoms with E-state index >= 15 is 0 Å². The first-order chi connectivity index (χ1) is 15.9. The maximum atomic E-state index is 12.8. The Morgan fingerprint density at radius 1 is 1.21 bits per heavy atom. The Bertz CT molecular complexity index is 1380. The third kappa shape index (κ3) is 5.48. The summed E-state index contributed by atoms with van der Waals surface area (Å²) >= 11 is 0. The van der Waals surface area contributed by atoms with Crippen molar-refractivity contribution in [3.8, 4) is 11.1 Å². The Labute approximate surface area is 200 Å². The summed E-state index contributed by atoms with van der Waals surface area (Å²) in [6.07, 6.45) is 2.71. The minimum Gasteiger partial charge on any atom is -0.373 e. The van der Waals surface area contributed by atoms with E-state index in [-0.39, 0.29) is 23.6 Å². The van der Waals surface area contributed by atoms with Crippen LogP contribution in [0.4, 0.5) is 5.69 Å². The van der Waals surface area contributed by atoms with E-state index in [1.807, 2.05) is 25.3 Å². The van der Waals surface area contributed by atoms with Gasteiger partial charge in [-0.25, -0.2) is 13.1 Å². The van der Waals surface area contributed by atoms with Crippen molar-refractivity contribution in [1.82, 2.24) is 14.7 Å². The van der Waals surface area contributed by atoms with Crippen LogP contribution < -0.4 is 15.2 Å². The summed E-state index contributed by atoms with van der Waals surface area (Å²) in [7, 11) is -3.28. The number of aromatic nitrogens is 2. The number of morpholine rings is 1. The summed E-state index contributed by atoms with van der Waals surface area (Å²) in [5, 5.41) is 0.956. The molecule has 34 heavy (non-hydrogen) atoms. The molecule has 3 aromatic rings. The van der Waals surface area contributed by atoms with Crippen molar-refractivity contribution >= 4 is 26.6 Å². The Kier molecular flexibility index (Phi) is 6.54. The van der Waals surface area contributed by atoms with Crippen molar-refractivity contribution in [3.63, 3.8) is 0 Å². The number of sulfonamides is 1. The van der Waals surface area contributed by atoms with Crippen LogP contribution >= 0.6 is 0 Å². The highest BCUT2D eigenvalue weighted by molar-refractivity contribution is 7.88. The van der Waals surface area contributed by atoms with Gasteiger partial charge in [0.1, 0.15) is 0 Å². The third-order valence-corrected chi connectivity index (χ3v) is 6.75. The second-order valence-corrected chi connectivity index (χ2v) is 11.8. The number of nitrogens with zero attached hydrogens (tertiary/aromatic N) is 2. The number of aromatic amines is 1. The van der Waals surface area contributed by atoms with E-state index in [9.17, 15) is 13.2 Å². The fraction of sp³-hybridized carbons (Fsp3) is 0.440. The van der Waals surface area contributed by atoms with Gasteiger partial charge in [-0.05, 0) is 48.2 Å². The summed E-state index contributed by atoms with van der Waals surface area (Å²) in [6, 6.07) is 10.1. The molecule has 0 amide bonds. The van der Waals surface area contributed by atoms with Crippen molar-refractivity contribution in [1.29, 1.82) is 0 Å². The molecule has 1 unspecified atom stereocenters. The molecule has 1 fully saturated rings. The van der Waals surface area contributed by atoms with Crippen LogP contribution in [-0.4, -0.2) is 57.0 Å². The van der Waals surface area contributed by atoms with Crippen molar-refractivity contribution in [3.05, 3.63) is 58.1 Å². The van der Waals surface area contributed by atoms with Gasteiger partial charge in [0.15, 0.2) is 0 Å². The minimum atomic E-state index is -3.28.